The molecule has 1 aromatic rings. The third-order valence-corrected chi connectivity index (χ3v) is 5.42. The number of benzene rings is 1. The summed E-state index contributed by atoms with van der Waals surface area (Å²) < 4.78 is 5.39. The van der Waals surface area contributed by atoms with Gasteiger partial charge in [0.05, 0.1) is 13.2 Å². The molecule has 6 nitrogen and oxygen atoms in total. The highest BCUT2D eigenvalue weighted by atomic mass is 16.5. The van der Waals surface area contributed by atoms with Crippen LogP contribution in [0, 0.1) is 5.92 Å². The van der Waals surface area contributed by atoms with Gasteiger partial charge < -0.3 is 15.4 Å². The molecule has 1 saturated heterocycles. The van der Waals surface area contributed by atoms with Gasteiger partial charge in [-0.15, -0.1) is 0 Å². The Bertz CT molecular complexity index is 653. The third-order valence-electron chi connectivity index (χ3n) is 5.42. The van der Waals surface area contributed by atoms with Crippen molar-refractivity contribution in [2.45, 2.75) is 38.6 Å². The Labute approximate surface area is 155 Å². The van der Waals surface area contributed by atoms with Crippen LogP contribution in [-0.2, 0) is 20.7 Å². The zero-order valence-corrected chi connectivity index (χ0v) is 15.7. The molecular formula is C20H29N3O3. The van der Waals surface area contributed by atoms with Crippen molar-refractivity contribution in [1.29, 1.82) is 0 Å². The van der Waals surface area contributed by atoms with Gasteiger partial charge in [0, 0.05) is 43.2 Å². The predicted molar refractivity (Wildman–Crippen MR) is 101 cm³/mol. The minimum atomic E-state index is -0.136. The van der Waals surface area contributed by atoms with Crippen molar-refractivity contribution in [3.8, 4) is 0 Å². The number of carbonyl (C=O) groups is 2. The summed E-state index contributed by atoms with van der Waals surface area (Å²) in [5.41, 5.74) is 1.94. The van der Waals surface area contributed by atoms with Crippen molar-refractivity contribution in [2.24, 2.45) is 5.92 Å². The fourth-order valence-electron chi connectivity index (χ4n) is 3.64. The lowest BCUT2D eigenvalue weighted by atomic mass is 9.89. The smallest absolute Gasteiger partial charge is 0.227 e. The minimum Gasteiger partial charge on any atom is -0.379 e. The summed E-state index contributed by atoms with van der Waals surface area (Å²) in [4.78, 5) is 26.9. The lowest BCUT2D eigenvalue weighted by molar-refractivity contribution is -0.123. The first kappa shape index (κ1) is 18.9. The van der Waals surface area contributed by atoms with Crippen LogP contribution in [0.4, 0.5) is 5.69 Å². The number of hydrogen-bond acceptors (Lipinski definition) is 4. The molecule has 1 aromatic carbocycles. The van der Waals surface area contributed by atoms with E-state index in [0.717, 1.165) is 37.6 Å². The molecule has 26 heavy (non-hydrogen) atoms. The van der Waals surface area contributed by atoms with Gasteiger partial charge in [-0.3, -0.25) is 14.5 Å². The summed E-state index contributed by atoms with van der Waals surface area (Å²) in [6, 6.07) is 7.85. The molecule has 2 amide bonds. The highest BCUT2D eigenvalue weighted by Crippen LogP contribution is 2.27. The fraction of sp³-hybridized carbons (Fsp3) is 0.600. The van der Waals surface area contributed by atoms with Gasteiger partial charge in [0.25, 0.3) is 0 Å². The van der Waals surface area contributed by atoms with E-state index >= 15 is 0 Å². The fourth-order valence-corrected chi connectivity index (χ4v) is 3.64. The lowest BCUT2D eigenvalue weighted by Crippen LogP contribution is -2.55. The van der Waals surface area contributed by atoms with Gasteiger partial charge in [-0.1, -0.05) is 18.2 Å². The van der Waals surface area contributed by atoms with E-state index in [2.05, 4.69) is 29.4 Å². The zero-order chi connectivity index (χ0) is 18.6. The Morgan fingerprint density at radius 2 is 2.04 bits per heavy atom. The molecule has 0 saturated carbocycles. The Morgan fingerprint density at radius 3 is 2.81 bits per heavy atom. The first-order chi connectivity index (χ1) is 12.5. The van der Waals surface area contributed by atoms with Crippen molar-refractivity contribution in [3.05, 3.63) is 29.8 Å². The third kappa shape index (κ3) is 4.62. The highest BCUT2D eigenvalue weighted by molar-refractivity contribution is 5.96. The quantitative estimate of drug-likeness (QED) is 0.813. The molecule has 6 heteroatoms. The van der Waals surface area contributed by atoms with Gasteiger partial charge in [-0.05, 0) is 38.3 Å². The average Bonchev–Trinajstić information content (AvgIpc) is 2.65. The van der Waals surface area contributed by atoms with Crippen molar-refractivity contribution in [1.82, 2.24) is 10.2 Å². The van der Waals surface area contributed by atoms with Crippen molar-refractivity contribution in [3.63, 3.8) is 0 Å². The number of anilines is 1. The summed E-state index contributed by atoms with van der Waals surface area (Å²) in [7, 11) is 0. The summed E-state index contributed by atoms with van der Waals surface area (Å²) >= 11 is 0. The van der Waals surface area contributed by atoms with Crippen LogP contribution >= 0.6 is 0 Å². The van der Waals surface area contributed by atoms with Crippen LogP contribution in [0.5, 0.6) is 0 Å². The molecule has 2 aliphatic rings. The Kier molecular flexibility index (Phi) is 5.94. The molecule has 1 fully saturated rings. The first-order valence-electron chi connectivity index (χ1n) is 9.44. The molecule has 2 heterocycles. The molecule has 3 rings (SSSR count). The molecule has 142 valence electrons. The van der Waals surface area contributed by atoms with Crippen molar-refractivity contribution in [2.75, 3.05) is 38.2 Å². The van der Waals surface area contributed by atoms with Crippen LogP contribution in [0.1, 0.15) is 32.3 Å². The maximum atomic E-state index is 12.3. The predicted octanol–water partition coefficient (Wildman–Crippen LogP) is 1.80. The highest BCUT2D eigenvalue weighted by Gasteiger charge is 2.29. The number of nitrogens with one attached hydrogen (secondary N) is 2. The average molecular weight is 359 g/mol. The zero-order valence-electron chi connectivity index (χ0n) is 15.7. The summed E-state index contributed by atoms with van der Waals surface area (Å²) in [5, 5.41) is 5.98. The second-order valence-electron chi connectivity index (χ2n) is 7.77. The number of fused-ring (bicyclic) bond motifs is 1. The van der Waals surface area contributed by atoms with E-state index in [1.807, 2.05) is 24.3 Å². The van der Waals surface area contributed by atoms with Crippen LogP contribution in [-0.4, -0.2) is 55.1 Å². The van der Waals surface area contributed by atoms with E-state index in [1.54, 1.807) is 0 Å². The van der Waals surface area contributed by atoms with E-state index in [4.69, 9.17) is 4.74 Å². The Hall–Kier alpha value is -1.92. The molecule has 2 N–H and O–H groups in total. The van der Waals surface area contributed by atoms with Crippen molar-refractivity contribution >= 4 is 17.5 Å². The first-order valence-corrected chi connectivity index (χ1v) is 9.44. The van der Waals surface area contributed by atoms with Gasteiger partial charge in [0.15, 0.2) is 0 Å². The normalized spacial score (nSPS) is 21.0. The van der Waals surface area contributed by atoms with E-state index < -0.39 is 0 Å². The summed E-state index contributed by atoms with van der Waals surface area (Å²) in [6.45, 7) is 8.17. The molecule has 2 aliphatic heterocycles. The molecule has 0 aliphatic carbocycles. The monoisotopic (exact) mass is 359 g/mol. The van der Waals surface area contributed by atoms with E-state index in [-0.39, 0.29) is 23.3 Å². The number of morpholine rings is 1. The van der Waals surface area contributed by atoms with Crippen molar-refractivity contribution < 1.29 is 14.3 Å². The van der Waals surface area contributed by atoms with E-state index in [1.165, 1.54) is 0 Å². The molecular weight excluding hydrogens is 330 g/mol. The lowest BCUT2D eigenvalue weighted by Gasteiger charge is -2.40. The Balaban J connectivity index is 1.45. The SMILES string of the molecule is CC(C)(CNC(=O)CC[C@@H]1Cc2ccccc2NC1=O)N1CCOCC1. The molecule has 0 unspecified atom stereocenters. The second kappa shape index (κ2) is 8.18. The number of nitrogens with zero attached hydrogens (tertiary/aromatic N) is 1. The van der Waals surface area contributed by atoms with Crippen LogP contribution in [0.15, 0.2) is 24.3 Å². The standard InChI is InChI=1S/C20H29N3O3/c1-20(2,23-9-11-26-12-10-23)14-21-18(24)8-7-16-13-15-5-3-4-6-17(15)22-19(16)25/h3-6,16H,7-14H2,1-2H3,(H,21,24)(H,22,25)/t16-/m1/s1. The maximum absolute atomic E-state index is 12.3. The maximum Gasteiger partial charge on any atom is 0.227 e. The number of para-hydroxylation sites is 1. The number of hydrogen-bond donors (Lipinski definition) is 2. The van der Waals surface area contributed by atoms with Gasteiger partial charge in [-0.2, -0.15) is 0 Å². The van der Waals surface area contributed by atoms with Gasteiger partial charge in [0.2, 0.25) is 11.8 Å². The van der Waals surface area contributed by atoms with E-state index in [9.17, 15) is 9.59 Å². The van der Waals surface area contributed by atoms with Gasteiger partial charge >= 0.3 is 0 Å². The summed E-state index contributed by atoms with van der Waals surface area (Å²) in [5.74, 6) is -0.106. The van der Waals surface area contributed by atoms with Crippen LogP contribution in [0.2, 0.25) is 0 Å². The largest absolute Gasteiger partial charge is 0.379 e. The van der Waals surface area contributed by atoms with Crippen LogP contribution in [0.25, 0.3) is 0 Å². The second-order valence-corrected chi connectivity index (χ2v) is 7.77. The molecule has 0 radical (unpaired) electrons. The molecule has 0 spiro atoms. The Morgan fingerprint density at radius 1 is 1.31 bits per heavy atom. The minimum absolute atomic E-state index is 0.0120. The number of ether oxygens (including phenoxy) is 1. The van der Waals surface area contributed by atoms with Gasteiger partial charge in [0.1, 0.15) is 0 Å². The topological polar surface area (TPSA) is 70.7 Å². The van der Waals surface area contributed by atoms with Crippen LogP contribution in [0.3, 0.4) is 0 Å². The number of carbonyl (C=O) groups excluding carboxylic acids is 2. The number of rotatable bonds is 6. The number of amides is 2. The van der Waals surface area contributed by atoms with E-state index in [0.29, 0.717) is 25.8 Å². The molecule has 0 bridgehead atoms. The molecule has 0 aromatic heterocycles. The van der Waals surface area contributed by atoms with Gasteiger partial charge in [-0.25, -0.2) is 0 Å². The molecule has 1 atom stereocenters. The van der Waals surface area contributed by atoms with Crippen LogP contribution < -0.4 is 10.6 Å². The summed E-state index contributed by atoms with van der Waals surface area (Å²) in [6.07, 6.45) is 1.65.